The van der Waals surface area contributed by atoms with Gasteiger partial charge in [0.15, 0.2) is 0 Å². The summed E-state index contributed by atoms with van der Waals surface area (Å²) in [6.45, 7) is 5.61. The molecule has 1 aromatic carbocycles. The molecule has 3 heterocycles. The van der Waals surface area contributed by atoms with Crippen molar-refractivity contribution < 1.29 is 9.13 Å². The molecule has 0 spiro atoms. The summed E-state index contributed by atoms with van der Waals surface area (Å²) in [4.78, 5) is 11.8. The second kappa shape index (κ2) is 9.18. The number of pyridine rings is 1. The number of benzene rings is 1. The Balaban J connectivity index is 1.37. The smallest absolute Gasteiger partial charge is 0.138 e. The molecule has 0 N–H and O–H groups in total. The fraction of sp³-hybridized carbons (Fsp3) is 0.391. The van der Waals surface area contributed by atoms with Crippen molar-refractivity contribution in [3.63, 3.8) is 0 Å². The highest BCUT2D eigenvalue weighted by molar-refractivity contribution is 5.28. The van der Waals surface area contributed by atoms with E-state index in [1.807, 2.05) is 18.5 Å². The van der Waals surface area contributed by atoms with Gasteiger partial charge in [0.05, 0.1) is 0 Å². The number of hydrogen-bond donors (Lipinski definition) is 0. The van der Waals surface area contributed by atoms with Crippen LogP contribution in [0.5, 0.6) is 5.75 Å². The number of piperidine rings is 1. The number of nitrogens with zero attached hydrogens (tertiary/aromatic N) is 4. The quantitative estimate of drug-likeness (QED) is 0.602. The van der Waals surface area contributed by atoms with Crippen molar-refractivity contribution in [3.8, 4) is 11.6 Å². The predicted molar refractivity (Wildman–Crippen MR) is 111 cm³/mol. The number of halogens is 1. The summed E-state index contributed by atoms with van der Waals surface area (Å²) in [5, 5.41) is 0. The average Bonchev–Trinajstić information content (AvgIpc) is 3.24. The first-order valence-electron chi connectivity index (χ1n) is 10.3. The summed E-state index contributed by atoms with van der Waals surface area (Å²) in [7, 11) is 0. The lowest BCUT2D eigenvalue weighted by atomic mass is 9.94. The minimum Gasteiger partial charge on any atom is -0.492 e. The Morgan fingerprint density at radius 1 is 1.17 bits per heavy atom. The second-order valence-corrected chi connectivity index (χ2v) is 7.43. The number of rotatable bonds is 7. The van der Waals surface area contributed by atoms with Gasteiger partial charge in [-0.1, -0.05) is 13.0 Å². The second-order valence-electron chi connectivity index (χ2n) is 7.43. The molecule has 1 aliphatic rings. The van der Waals surface area contributed by atoms with Crippen LogP contribution in [-0.4, -0.2) is 45.7 Å². The highest BCUT2D eigenvalue weighted by Gasteiger charge is 2.22. The number of hydrogen-bond acceptors (Lipinski definition) is 4. The topological polar surface area (TPSA) is 43.2 Å². The third-order valence-corrected chi connectivity index (χ3v) is 5.45. The number of likely N-dealkylation sites (tertiary alicyclic amines) is 1. The van der Waals surface area contributed by atoms with E-state index in [-0.39, 0.29) is 5.82 Å². The van der Waals surface area contributed by atoms with Crippen LogP contribution in [0.25, 0.3) is 5.82 Å². The zero-order chi connectivity index (χ0) is 20.1. The molecule has 0 aliphatic carbocycles. The summed E-state index contributed by atoms with van der Waals surface area (Å²) >= 11 is 0. The van der Waals surface area contributed by atoms with Crippen molar-refractivity contribution in [3.05, 3.63) is 72.2 Å². The Bertz CT molecular complexity index is 925. The lowest BCUT2D eigenvalue weighted by molar-refractivity contribution is 0.169. The van der Waals surface area contributed by atoms with Crippen LogP contribution in [0.2, 0.25) is 0 Å². The van der Waals surface area contributed by atoms with Crippen LogP contribution in [0.15, 0.2) is 54.9 Å². The summed E-state index contributed by atoms with van der Waals surface area (Å²) in [6.07, 6.45) is 6.99. The Hall–Kier alpha value is -2.73. The molecule has 0 unspecified atom stereocenters. The normalized spacial score (nSPS) is 17.4. The van der Waals surface area contributed by atoms with Crippen LogP contribution in [0.4, 0.5) is 4.39 Å². The first-order chi connectivity index (χ1) is 14.2. The van der Waals surface area contributed by atoms with E-state index in [9.17, 15) is 4.39 Å². The van der Waals surface area contributed by atoms with Crippen molar-refractivity contribution >= 4 is 0 Å². The predicted octanol–water partition coefficient (Wildman–Crippen LogP) is 4.23. The molecule has 29 heavy (non-hydrogen) atoms. The van der Waals surface area contributed by atoms with Gasteiger partial charge in [-0.25, -0.2) is 14.4 Å². The standard InChI is InChI=1S/C23H27FN4O/c1-2-22-25-12-14-28(22)23-7-3-6-21(26-23)18-5-4-13-27(17-18)15-16-29-20-10-8-19(24)9-11-20/h3,6-12,14,18H,2,4-5,13,15-17H2,1H3/t18-/m0/s1. The number of ether oxygens (including phenoxy) is 1. The number of aryl methyl sites for hydroxylation is 1. The van der Waals surface area contributed by atoms with E-state index in [1.165, 1.54) is 12.1 Å². The first kappa shape index (κ1) is 19.6. The molecule has 1 fully saturated rings. The minimum atomic E-state index is -0.243. The molecule has 5 nitrogen and oxygen atoms in total. The van der Waals surface area contributed by atoms with Crippen LogP contribution in [0.3, 0.4) is 0 Å². The molecule has 0 bridgehead atoms. The molecule has 0 radical (unpaired) electrons. The molecular formula is C23H27FN4O. The van der Waals surface area contributed by atoms with E-state index >= 15 is 0 Å². The van der Waals surface area contributed by atoms with Gasteiger partial charge in [0.25, 0.3) is 0 Å². The third-order valence-electron chi connectivity index (χ3n) is 5.45. The van der Waals surface area contributed by atoms with E-state index in [0.29, 0.717) is 18.3 Å². The van der Waals surface area contributed by atoms with Crippen LogP contribution >= 0.6 is 0 Å². The van der Waals surface area contributed by atoms with Crippen LogP contribution in [0.1, 0.15) is 37.2 Å². The van der Waals surface area contributed by atoms with E-state index in [2.05, 4.69) is 33.5 Å². The van der Waals surface area contributed by atoms with Gasteiger partial charge in [0.1, 0.15) is 29.8 Å². The summed E-state index contributed by atoms with van der Waals surface area (Å²) in [5.41, 5.74) is 1.14. The van der Waals surface area contributed by atoms with Crippen molar-refractivity contribution in [2.45, 2.75) is 32.1 Å². The number of imidazole rings is 1. The lowest BCUT2D eigenvalue weighted by Crippen LogP contribution is -2.37. The van der Waals surface area contributed by atoms with Crippen molar-refractivity contribution in [1.29, 1.82) is 0 Å². The maximum Gasteiger partial charge on any atom is 0.138 e. The highest BCUT2D eigenvalue weighted by atomic mass is 19.1. The molecule has 2 aromatic heterocycles. The van der Waals surface area contributed by atoms with Gasteiger partial charge in [0.2, 0.25) is 0 Å². The molecular weight excluding hydrogens is 367 g/mol. The molecule has 0 saturated carbocycles. The summed E-state index contributed by atoms with van der Waals surface area (Å²) < 4.78 is 20.8. The zero-order valence-corrected chi connectivity index (χ0v) is 16.8. The maximum absolute atomic E-state index is 13.0. The fourth-order valence-electron chi connectivity index (χ4n) is 3.93. The maximum atomic E-state index is 13.0. The van der Waals surface area contributed by atoms with Crippen LogP contribution in [0, 0.1) is 5.82 Å². The fourth-order valence-corrected chi connectivity index (χ4v) is 3.93. The molecule has 6 heteroatoms. The van der Waals surface area contributed by atoms with Crippen molar-refractivity contribution in [2.24, 2.45) is 0 Å². The Labute approximate surface area is 171 Å². The SMILES string of the molecule is CCc1nccn1-c1cccc([C@H]2CCCN(CCOc3ccc(F)cc3)C2)n1. The van der Waals surface area contributed by atoms with Crippen LogP contribution in [-0.2, 0) is 6.42 Å². The molecule has 3 aromatic rings. The molecule has 4 rings (SSSR count). The third kappa shape index (κ3) is 4.82. The molecule has 152 valence electrons. The van der Waals surface area contributed by atoms with Gasteiger partial charge < -0.3 is 4.74 Å². The van der Waals surface area contributed by atoms with Crippen LogP contribution < -0.4 is 4.74 Å². The summed E-state index contributed by atoms with van der Waals surface area (Å²) in [6, 6.07) is 12.5. The van der Waals surface area contributed by atoms with Crippen molar-refractivity contribution in [2.75, 3.05) is 26.2 Å². The lowest BCUT2D eigenvalue weighted by Gasteiger charge is -2.32. The Morgan fingerprint density at radius 2 is 2.03 bits per heavy atom. The largest absolute Gasteiger partial charge is 0.492 e. The van der Waals surface area contributed by atoms with Gasteiger partial charge in [-0.05, 0) is 55.8 Å². The van der Waals surface area contributed by atoms with E-state index in [4.69, 9.17) is 9.72 Å². The molecule has 1 aliphatic heterocycles. The van der Waals surface area contributed by atoms with E-state index in [1.54, 1.807) is 12.1 Å². The molecule has 1 saturated heterocycles. The number of aromatic nitrogens is 3. The monoisotopic (exact) mass is 394 g/mol. The molecule has 0 amide bonds. The van der Waals surface area contributed by atoms with Gasteiger partial charge in [-0.2, -0.15) is 0 Å². The van der Waals surface area contributed by atoms with E-state index in [0.717, 1.165) is 56.2 Å². The Morgan fingerprint density at radius 3 is 2.86 bits per heavy atom. The minimum absolute atomic E-state index is 0.243. The van der Waals surface area contributed by atoms with Gasteiger partial charge in [-0.15, -0.1) is 0 Å². The van der Waals surface area contributed by atoms with Gasteiger partial charge in [-0.3, -0.25) is 9.47 Å². The summed E-state index contributed by atoms with van der Waals surface area (Å²) in [5.74, 6) is 2.85. The average molecular weight is 394 g/mol. The van der Waals surface area contributed by atoms with E-state index < -0.39 is 0 Å². The van der Waals surface area contributed by atoms with Gasteiger partial charge >= 0.3 is 0 Å². The Kier molecular flexibility index (Phi) is 6.20. The molecule has 1 atom stereocenters. The highest BCUT2D eigenvalue weighted by Crippen LogP contribution is 2.26. The first-order valence-corrected chi connectivity index (χ1v) is 10.3. The van der Waals surface area contributed by atoms with Crippen molar-refractivity contribution in [1.82, 2.24) is 19.4 Å². The van der Waals surface area contributed by atoms with Gasteiger partial charge in [0, 0.05) is 43.5 Å². The zero-order valence-electron chi connectivity index (χ0n) is 16.8.